The first kappa shape index (κ1) is 21.7. The van der Waals surface area contributed by atoms with Crippen molar-refractivity contribution in [3.8, 4) is 0 Å². The Morgan fingerprint density at radius 2 is 1.82 bits per heavy atom. The lowest BCUT2D eigenvalue weighted by molar-refractivity contribution is -0.192. The molecule has 2 aliphatic heterocycles. The summed E-state index contributed by atoms with van der Waals surface area (Å²) >= 11 is 0. The number of aliphatic carboxylic acids is 1. The molecule has 1 aromatic rings. The van der Waals surface area contributed by atoms with Gasteiger partial charge >= 0.3 is 12.1 Å². The topological polar surface area (TPSA) is 94.9 Å². The quantitative estimate of drug-likeness (QED) is 0.751. The van der Waals surface area contributed by atoms with Gasteiger partial charge in [0.05, 0.1) is 6.04 Å². The number of nitrogens with zero attached hydrogens (tertiary/aromatic N) is 3. The van der Waals surface area contributed by atoms with Crippen LogP contribution in [0, 0.1) is 5.92 Å². The fourth-order valence-corrected chi connectivity index (χ4v) is 3.70. The third kappa shape index (κ3) is 4.46. The van der Waals surface area contributed by atoms with Crippen molar-refractivity contribution in [1.82, 2.24) is 19.7 Å². The van der Waals surface area contributed by atoms with E-state index in [0.29, 0.717) is 12.5 Å². The van der Waals surface area contributed by atoms with E-state index in [0.717, 1.165) is 18.7 Å². The van der Waals surface area contributed by atoms with Crippen LogP contribution in [-0.2, 0) is 16.6 Å². The maximum atomic E-state index is 12.5. The predicted octanol–water partition coefficient (Wildman–Crippen LogP) is 0.549. The Hall–Kier alpha value is -2.56. The van der Waals surface area contributed by atoms with Gasteiger partial charge in [0.1, 0.15) is 5.69 Å². The van der Waals surface area contributed by atoms with Crippen molar-refractivity contribution in [2.75, 3.05) is 27.2 Å². The van der Waals surface area contributed by atoms with Gasteiger partial charge in [-0.2, -0.15) is 13.2 Å². The van der Waals surface area contributed by atoms with Crippen LogP contribution in [0.2, 0.25) is 0 Å². The second kappa shape index (κ2) is 8.21. The molecule has 2 amide bonds. The van der Waals surface area contributed by atoms with Crippen LogP contribution in [0.15, 0.2) is 18.3 Å². The molecule has 0 saturated carbocycles. The van der Waals surface area contributed by atoms with Gasteiger partial charge < -0.3 is 19.9 Å². The average molecular weight is 404 g/mol. The summed E-state index contributed by atoms with van der Waals surface area (Å²) in [5.74, 6) is -2.21. The Morgan fingerprint density at radius 1 is 1.21 bits per heavy atom. The monoisotopic (exact) mass is 404 g/mol. The zero-order valence-electron chi connectivity index (χ0n) is 15.7. The third-order valence-electron chi connectivity index (χ3n) is 5.19. The van der Waals surface area contributed by atoms with Crippen LogP contribution in [-0.4, -0.2) is 82.7 Å². The summed E-state index contributed by atoms with van der Waals surface area (Å²) in [6.07, 6.45) is -2.37. The summed E-state index contributed by atoms with van der Waals surface area (Å²) in [4.78, 5) is 37.4. The standard InChI is InChI=1S/C15H22N4O2.C2HF3O2/c1-16-14(20)12-7-10-8-19(9-13(10)18(12)3)15(21)11-5-4-6-17(11)2;3-2(4,5)1(6)7/h4-6,10,12-13H,7-9H2,1-3H3,(H,16,20);(H,6,7)/t10-,12-,13+;/m0./s1. The number of likely N-dealkylation sites (N-methyl/N-ethyl adjacent to an activating group) is 2. The van der Waals surface area contributed by atoms with E-state index in [1.54, 1.807) is 7.05 Å². The number of nitrogens with one attached hydrogen (secondary N) is 1. The van der Waals surface area contributed by atoms with Crippen molar-refractivity contribution >= 4 is 17.8 Å². The fourth-order valence-electron chi connectivity index (χ4n) is 3.70. The van der Waals surface area contributed by atoms with E-state index < -0.39 is 12.1 Å². The van der Waals surface area contributed by atoms with Gasteiger partial charge in [-0.3, -0.25) is 14.5 Å². The van der Waals surface area contributed by atoms with Crippen LogP contribution in [0.3, 0.4) is 0 Å². The lowest BCUT2D eigenvalue weighted by atomic mass is 10.0. The molecule has 0 aromatic carbocycles. The molecule has 28 heavy (non-hydrogen) atoms. The maximum absolute atomic E-state index is 12.5. The Kier molecular flexibility index (Phi) is 6.37. The Balaban J connectivity index is 0.000000345. The summed E-state index contributed by atoms with van der Waals surface area (Å²) in [6.45, 7) is 1.45. The molecule has 2 N–H and O–H groups in total. The number of carboxylic acids is 1. The summed E-state index contributed by atoms with van der Waals surface area (Å²) in [5.41, 5.74) is 0.723. The number of carboxylic acid groups (broad SMARTS) is 1. The van der Waals surface area contributed by atoms with Gasteiger partial charge in [0.15, 0.2) is 0 Å². The van der Waals surface area contributed by atoms with Crippen LogP contribution in [0.25, 0.3) is 0 Å². The van der Waals surface area contributed by atoms with Gasteiger partial charge in [0.25, 0.3) is 5.91 Å². The first-order valence-electron chi connectivity index (χ1n) is 8.61. The molecule has 0 aliphatic carbocycles. The van der Waals surface area contributed by atoms with Crippen molar-refractivity contribution < 1.29 is 32.7 Å². The highest BCUT2D eigenvalue weighted by Crippen LogP contribution is 2.35. The van der Waals surface area contributed by atoms with E-state index in [1.807, 2.05) is 41.9 Å². The first-order valence-corrected chi connectivity index (χ1v) is 8.61. The highest BCUT2D eigenvalue weighted by molar-refractivity contribution is 5.93. The second-order valence-corrected chi connectivity index (χ2v) is 6.88. The summed E-state index contributed by atoms with van der Waals surface area (Å²) < 4.78 is 33.6. The van der Waals surface area contributed by atoms with E-state index in [4.69, 9.17) is 9.90 Å². The fraction of sp³-hybridized carbons (Fsp3) is 0.588. The van der Waals surface area contributed by atoms with Gasteiger partial charge in [0.2, 0.25) is 5.91 Å². The molecule has 11 heteroatoms. The molecule has 3 rings (SSSR count). The number of rotatable bonds is 2. The molecule has 8 nitrogen and oxygen atoms in total. The van der Waals surface area contributed by atoms with Gasteiger partial charge in [0, 0.05) is 39.4 Å². The van der Waals surface area contributed by atoms with Gasteiger partial charge in [-0.25, -0.2) is 4.79 Å². The van der Waals surface area contributed by atoms with Gasteiger partial charge in [-0.15, -0.1) is 0 Å². The number of hydrogen-bond donors (Lipinski definition) is 2. The van der Waals surface area contributed by atoms with E-state index in [2.05, 4.69) is 10.2 Å². The number of halogens is 3. The minimum absolute atomic E-state index is 0.0581. The highest BCUT2D eigenvalue weighted by atomic mass is 19.4. The second-order valence-electron chi connectivity index (χ2n) is 6.88. The molecular weight excluding hydrogens is 381 g/mol. The number of alkyl halides is 3. The minimum Gasteiger partial charge on any atom is -0.475 e. The smallest absolute Gasteiger partial charge is 0.475 e. The molecule has 0 spiro atoms. The Bertz CT molecular complexity index is 749. The zero-order valence-corrected chi connectivity index (χ0v) is 15.7. The van der Waals surface area contributed by atoms with Crippen LogP contribution in [0.5, 0.6) is 0 Å². The van der Waals surface area contributed by atoms with E-state index in [1.165, 1.54) is 0 Å². The normalized spacial score (nSPS) is 24.4. The van der Waals surface area contributed by atoms with Crippen LogP contribution in [0.1, 0.15) is 16.9 Å². The minimum atomic E-state index is -5.08. The number of aryl methyl sites for hydroxylation is 1. The van der Waals surface area contributed by atoms with E-state index >= 15 is 0 Å². The Labute approximate surface area is 159 Å². The van der Waals surface area contributed by atoms with Gasteiger partial charge in [-0.05, 0) is 31.5 Å². The zero-order chi connectivity index (χ0) is 21.2. The molecule has 0 unspecified atom stereocenters. The lowest BCUT2D eigenvalue weighted by Crippen LogP contribution is -2.45. The maximum Gasteiger partial charge on any atom is 0.490 e. The molecule has 2 aliphatic rings. The van der Waals surface area contributed by atoms with Crippen LogP contribution >= 0.6 is 0 Å². The number of aromatic nitrogens is 1. The van der Waals surface area contributed by atoms with Gasteiger partial charge in [-0.1, -0.05) is 0 Å². The summed E-state index contributed by atoms with van der Waals surface area (Å²) in [5, 5.41) is 9.85. The molecule has 3 atom stereocenters. The van der Waals surface area contributed by atoms with Crippen LogP contribution in [0.4, 0.5) is 13.2 Å². The van der Waals surface area contributed by atoms with Crippen molar-refractivity contribution in [2.45, 2.75) is 24.7 Å². The number of carbonyl (C=O) groups excluding carboxylic acids is 2. The van der Waals surface area contributed by atoms with Crippen molar-refractivity contribution in [3.05, 3.63) is 24.0 Å². The van der Waals surface area contributed by atoms with E-state index in [-0.39, 0.29) is 23.9 Å². The number of hydrogen-bond acceptors (Lipinski definition) is 4. The van der Waals surface area contributed by atoms with Crippen molar-refractivity contribution in [1.29, 1.82) is 0 Å². The molecule has 0 radical (unpaired) electrons. The van der Waals surface area contributed by atoms with Crippen LogP contribution < -0.4 is 5.32 Å². The molecule has 156 valence electrons. The number of amides is 2. The molecule has 0 bridgehead atoms. The largest absolute Gasteiger partial charge is 0.490 e. The third-order valence-corrected chi connectivity index (χ3v) is 5.19. The predicted molar refractivity (Wildman–Crippen MR) is 92.5 cm³/mol. The lowest BCUT2D eigenvalue weighted by Gasteiger charge is -2.25. The average Bonchev–Trinajstić information content (AvgIpc) is 3.30. The van der Waals surface area contributed by atoms with Crippen molar-refractivity contribution in [3.63, 3.8) is 0 Å². The number of carbonyl (C=O) groups is 3. The highest BCUT2D eigenvalue weighted by Gasteiger charge is 2.48. The SMILES string of the molecule is CNC(=O)[C@@H]1C[C@H]2CN(C(=O)c3cccn3C)C[C@H]2N1C.O=C(O)C(F)(F)F. The molecule has 2 fully saturated rings. The number of likely N-dealkylation sites (tertiary alicyclic amines) is 2. The molecule has 2 saturated heterocycles. The summed E-state index contributed by atoms with van der Waals surface area (Å²) in [7, 11) is 5.55. The molecule has 3 heterocycles. The van der Waals surface area contributed by atoms with E-state index in [9.17, 15) is 22.8 Å². The van der Waals surface area contributed by atoms with Crippen molar-refractivity contribution in [2.24, 2.45) is 13.0 Å². The number of fused-ring (bicyclic) bond motifs is 1. The molecular formula is C17H23F3N4O4. The first-order chi connectivity index (χ1) is 13.0. The Morgan fingerprint density at radius 3 is 2.25 bits per heavy atom. The summed E-state index contributed by atoms with van der Waals surface area (Å²) in [6, 6.07) is 3.97. The molecule has 1 aromatic heterocycles.